The molecule has 2 amide bonds. The number of anilines is 1. The van der Waals surface area contributed by atoms with Gasteiger partial charge in [-0.15, -0.1) is 0 Å². The van der Waals surface area contributed by atoms with Gasteiger partial charge in [-0.3, -0.25) is 0 Å². The van der Waals surface area contributed by atoms with E-state index in [0.717, 1.165) is 10.8 Å². The van der Waals surface area contributed by atoms with E-state index in [2.05, 4.69) is 10.6 Å². The number of rotatable bonds is 4. The van der Waals surface area contributed by atoms with E-state index >= 15 is 0 Å². The van der Waals surface area contributed by atoms with Gasteiger partial charge in [0.25, 0.3) is 0 Å². The van der Waals surface area contributed by atoms with Crippen molar-refractivity contribution in [1.29, 1.82) is 0 Å². The maximum atomic E-state index is 11.6. The van der Waals surface area contributed by atoms with Gasteiger partial charge in [0.2, 0.25) is 0 Å². The normalized spacial score (nSPS) is 10.1. The molecule has 0 fully saturated rings. The fourth-order valence-corrected chi connectivity index (χ4v) is 1.78. The molecule has 2 N–H and O–H groups in total. The molecular weight excluding hydrogens is 244 g/mol. The van der Waals surface area contributed by atoms with Gasteiger partial charge in [0.15, 0.2) is 0 Å². The van der Waals surface area contributed by atoms with Gasteiger partial charge in [-0.25, -0.2) is 4.79 Å². The molecule has 0 unspecified atom stereocenters. The number of carboxylic acid groups (broad SMARTS) is 1. The van der Waals surface area contributed by atoms with Gasteiger partial charge in [-0.1, -0.05) is 36.4 Å². The van der Waals surface area contributed by atoms with Crippen molar-refractivity contribution in [1.82, 2.24) is 5.32 Å². The fraction of sp³-hybridized carbons (Fsp3) is 0.143. The molecule has 0 aliphatic heterocycles. The van der Waals surface area contributed by atoms with Gasteiger partial charge in [0.1, 0.15) is 0 Å². The molecule has 0 radical (unpaired) electrons. The maximum absolute atomic E-state index is 11.6. The fourth-order valence-electron chi connectivity index (χ4n) is 1.78. The van der Waals surface area contributed by atoms with E-state index in [1.165, 1.54) is 0 Å². The van der Waals surface area contributed by atoms with Crippen molar-refractivity contribution < 1.29 is 14.7 Å². The molecule has 0 spiro atoms. The van der Waals surface area contributed by atoms with Gasteiger partial charge < -0.3 is 20.5 Å². The van der Waals surface area contributed by atoms with Gasteiger partial charge in [0, 0.05) is 24.3 Å². The zero-order valence-corrected chi connectivity index (χ0v) is 10.2. The lowest BCUT2D eigenvalue weighted by molar-refractivity contribution is -0.305. The van der Waals surface area contributed by atoms with Gasteiger partial charge >= 0.3 is 6.03 Å². The lowest BCUT2D eigenvalue weighted by Crippen LogP contribution is -2.33. The minimum Gasteiger partial charge on any atom is -0.550 e. The summed E-state index contributed by atoms with van der Waals surface area (Å²) in [6, 6.07) is 12.8. The first kappa shape index (κ1) is 12.9. The van der Waals surface area contributed by atoms with E-state index in [1.54, 1.807) is 6.07 Å². The number of carbonyl (C=O) groups excluding carboxylic acids is 2. The molecule has 5 heteroatoms. The molecule has 98 valence electrons. The minimum atomic E-state index is -1.19. The van der Waals surface area contributed by atoms with Crippen LogP contribution in [0.2, 0.25) is 0 Å². The molecule has 0 aromatic heterocycles. The summed E-state index contributed by atoms with van der Waals surface area (Å²) in [6.07, 6.45) is -0.205. The Hall–Kier alpha value is -2.56. The smallest absolute Gasteiger partial charge is 0.319 e. The second-order valence-electron chi connectivity index (χ2n) is 4.03. The van der Waals surface area contributed by atoms with Crippen LogP contribution in [0.5, 0.6) is 0 Å². The van der Waals surface area contributed by atoms with Crippen molar-refractivity contribution in [3.63, 3.8) is 0 Å². The first-order chi connectivity index (χ1) is 9.16. The average Bonchev–Trinajstić information content (AvgIpc) is 2.39. The topological polar surface area (TPSA) is 81.3 Å². The van der Waals surface area contributed by atoms with E-state index in [0.29, 0.717) is 5.69 Å². The molecule has 0 aliphatic rings. The SMILES string of the molecule is O=C([O-])CCNC(=O)Nc1cccc2ccccc12. The van der Waals surface area contributed by atoms with Crippen molar-refractivity contribution in [2.24, 2.45) is 0 Å². The Labute approximate surface area is 110 Å². The molecule has 0 saturated heterocycles. The summed E-state index contributed by atoms with van der Waals surface area (Å²) >= 11 is 0. The third-order valence-electron chi connectivity index (χ3n) is 2.65. The zero-order valence-electron chi connectivity index (χ0n) is 10.2. The summed E-state index contributed by atoms with van der Waals surface area (Å²) in [5.41, 5.74) is 0.684. The van der Waals surface area contributed by atoms with Crippen LogP contribution in [-0.4, -0.2) is 18.5 Å². The number of benzene rings is 2. The van der Waals surface area contributed by atoms with Crippen molar-refractivity contribution in [3.8, 4) is 0 Å². The molecule has 0 saturated carbocycles. The number of fused-ring (bicyclic) bond motifs is 1. The number of urea groups is 1. The molecule has 0 bridgehead atoms. The molecule has 2 aromatic carbocycles. The highest BCUT2D eigenvalue weighted by Crippen LogP contribution is 2.22. The first-order valence-corrected chi connectivity index (χ1v) is 5.89. The predicted octanol–water partition coefficient (Wildman–Crippen LogP) is 1.10. The number of carboxylic acids is 1. The third-order valence-corrected chi connectivity index (χ3v) is 2.65. The van der Waals surface area contributed by atoms with Crippen LogP contribution in [0.4, 0.5) is 10.5 Å². The van der Waals surface area contributed by atoms with Crippen LogP contribution in [-0.2, 0) is 4.79 Å². The Morgan fingerprint density at radius 3 is 2.58 bits per heavy atom. The van der Waals surface area contributed by atoms with Gasteiger partial charge in [0.05, 0.1) is 5.69 Å². The third kappa shape index (κ3) is 3.45. The number of hydrogen-bond acceptors (Lipinski definition) is 3. The molecular formula is C14H13N2O3-. The molecule has 19 heavy (non-hydrogen) atoms. The van der Waals surface area contributed by atoms with Crippen LogP contribution in [0.1, 0.15) is 6.42 Å². The highest BCUT2D eigenvalue weighted by molar-refractivity contribution is 6.01. The van der Waals surface area contributed by atoms with Gasteiger partial charge in [-0.05, 0) is 11.5 Å². The molecule has 2 rings (SSSR count). The Morgan fingerprint density at radius 2 is 1.79 bits per heavy atom. The van der Waals surface area contributed by atoms with Crippen molar-refractivity contribution in [3.05, 3.63) is 42.5 Å². The number of amides is 2. The van der Waals surface area contributed by atoms with E-state index in [9.17, 15) is 14.7 Å². The quantitative estimate of drug-likeness (QED) is 0.860. The van der Waals surface area contributed by atoms with Crippen molar-refractivity contribution >= 4 is 28.5 Å². The molecule has 2 aromatic rings. The second kappa shape index (κ2) is 5.86. The predicted molar refractivity (Wildman–Crippen MR) is 70.6 cm³/mol. The molecule has 0 aliphatic carbocycles. The van der Waals surface area contributed by atoms with Crippen LogP contribution < -0.4 is 15.7 Å². The first-order valence-electron chi connectivity index (χ1n) is 5.89. The van der Waals surface area contributed by atoms with Gasteiger partial charge in [-0.2, -0.15) is 0 Å². The van der Waals surface area contributed by atoms with Crippen molar-refractivity contribution in [2.75, 3.05) is 11.9 Å². The summed E-state index contributed by atoms with van der Waals surface area (Å²) in [5.74, 6) is -1.19. The monoisotopic (exact) mass is 257 g/mol. The van der Waals surface area contributed by atoms with Crippen LogP contribution in [0.15, 0.2) is 42.5 Å². The van der Waals surface area contributed by atoms with Crippen LogP contribution in [0.25, 0.3) is 10.8 Å². The summed E-state index contributed by atoms with van der Waals surface area (Å²) < 4.78 is 0. The Bertz CT molecular complexity index is 605. The number of nitrogens with one attached hydrogen (secondary N) is 2. The summed E-state index contributed by atoms with van der Waals surface area (Å²) in [7, 11) is 0. The van der Waals surface area contributed by atoms with Crippen LogP contribution in [0.3, 0.4) is 0 Å². The maximum Gasteiger partial charge on any atom is 0.319 e. The largest absolute Gasteiger partial charge is 0.550 e. The summed E-state index contributed by atoms with van der Waals surface area (Å²) in [5, 5.41) is 17.3. The Kier molecular flexibility index (Phi) is 3.97. The van der Waals surface area contributed by atoms with Crippen LogP contribution >= 0.6 is 0 Å². The second-order valence-corrected chi connectivity index (χ2v) is 4.03. The average molecular weight is 257 g/mol. The lowest BCUT2D eigenvalue weighted by Gasteiger charge is -2.10. The molecule has 0 atom stereocenters. The highest BCUT2D eigenvalue weighted by Gasteiger charge is 2.04. The van der Waals surface area contributed by atoms with E-state index in [1.807, 2.05) is 36.4 Å². The number of hydrogen-bond donors (Lipinski definition) is 2. The lowest BCUT2D eigenvalue weighted by atomic mass is 10.1. The standard InChI is InChI=1S/C14H14N2O3/c17-13(18)8-9-15-14(19)16-12-7-3-5-10-4-1-2-6-11(10)12/h1-7H,8-9H2,(H,17,18)(H2,15,16,19)/p-1. The minimum absolute atomic E-state index is 0.0406. The van der Waals surface area contributed by atoms with E-state index in [4.69, 9.17) is 0 Å². The van der Waals surface area contributed by atoms with Crippen LogP contribution in [0, 0.1) is 0 Å². The van der Waals surface area contributed by atoms with E-state index in [-0.39, 0.29) is 13.0 Å². The highest BCUT2D eigenvalue weighted by atomic mass is 16.4. The molecule has 0 heterocycles. The zero-order chi connectivity index (χ0) is 13.7. The van der Waals surface area contributed by atoms with E-state index < -0.39 is 12.0 Å². The summed E-state index contributed by atoms with van der Waals surface area (Å²) in [4.78, 5) is 21.8. The summed E-state index contributed by atoms with van der Waals surface area (Å²) in [6.45, 7) is 0.0406. The molecule has 5 nitrogen and oxygen atoms in total. The Balaban J connectivity index is 2.05. The number of aliphatic carboxylic acids is 1. The Morgan fingerprint density at radius 1 is 1.05 bits per heavy atom. The number of carbonyl (C=O) groups is 2. The van der Waals surface area contributed by atoms with Crippen molar-refractivity contribution in [2.45, 2.75) is 6.42 Å².